The number of carbonyl (C=O) groups is 1. The van der Waals surface area contributed by atoms with Crippen LogP contribution in [0.1, 0.15) is 43.7 Å². The SMILES string of the molecule is Cc1ccc(-c2ccccc2C(=O)N(C(C)C)C(C)C)nn1. The Balaban J connectivity index is 2.48. The molecule has 0 aliphatic rings. The summed E-state index contributed by atoms with van der Waals surface area (Å²) in [6, 6.07) is 11.7. The lowest BCUT2D eigenvalue weighted by Crippen LogP contribution is -2.42. The number of aryl methyl sites for hydroxylation is 1. The highest BCUT2D eigenvalue weighted by atomic mass is 16.2. The van der Waals surface area contributed by atoms with Gasteiger partial charge < -0.3 is 4.90 Å². The summed E-state index contributed by atoms with van der Waals surface area (Å²) < 4.78 is 0. The molecule has 1 heterocycles. The smallest absolute Gasteiger partial charge is 0.255 e. The molecule has 1 aromatic carbocycles. The van der Waals surface area contributed by atoms with Crippen molar-refractivity contribution in [2.75, 3.05) is 0 Å². The Morgan fingerprint density at radius 3 is 2.14 bits per heavy atom. The highest BCUT2D eigenvalue weighted by Crippen LogP contribution is 2.24. The van der Waals surface area contributed by atoms with E-state index < -0.39 is 0 Å². The number of rotatable bonds is 4. The van der Waals surface area contributed by atoms with E-state index in [2.05, 4.69) is 10.2 Å². The minimum absolute atomic E-state index is 0.0305. The standard InChI is InChI=1S/C18H23N3O/c1-12(2)21(13(3)4)18(22)16-9-7-6-8-15(16)17-11-10-14(5)19-20-17/h6-13H,1-5H3. The first-order valence-electron chi connectivity index (χ1n) is 7.64. The molecule has 0 saturated carbocycles. The zero-order valence-corrected chi connectivity index (χ0v) is 13.9. The Morgan fingerprint density at radius 1 is 0.955 bits per heavy atom. The second-order valence-electron chi connectivity index (χ2n) is 6.01. The number of nitrogens with zero attached hydrogens (tertiary/aromatic N) is 3. The minimum Gasteiger partial charge on any atom is -0.334 e. The van der Waals surface area contributed by atoms with Gasteiger partial charge in [0.15, 0.2) is 0 Å². The van der Waals surface area contributed by atoms with E-state index >= 15 is 0 Å². The van der Waals surface area contributed by atoms with Crippen molar-refractivity contribution in [2.45, 2.75) is 46.7 Å². The van der Waals surface area contributed by atoms with Gasteiger partial charge in [0.05, 0.1) is 11.4 Å². The van der Waals surface area contributed by atoms with Gasteiger partial charge >= 0.3 is 0 Å². The first-order chi connectivity index (χ1) is 10.4. The molecular weight excluding hydrogens is 274 g/mol. The van der Waals surface area contributed by atoms with Crippen molar-refractivity contribution in [1.82, 2.24) is 15.1 Å². The average molecular weight is 297 g/mol. The van der Waals surface area contributed by atoms with E-state index in [0.29, 0.717) is 5.56 Å². The summed E-state index contributed by atoms with van der Waals surface area (Å²) in [5, 5.41) is 8.32. The van der Waals surface area contributed by atoms with Crippen LogP contribution < -0.4 is 0 Å². The number of hydrogen-bond donors (Lipinski definition) is 0. The molecule has 1 aromatic heterocycles. The molecule has 0 aliphatic heterocycles. The molecule has 0 radical (unpaired) electrons. The third-order valence-corrected chi connectivity index (χ3v) is 3.58. The van der Waals surface area contributed by atoms with Gasteiger partial charge in [0.2, 0.25) is 0 Å². The van der Waals surface area contributed by atoms with E-state index in [0.717, 1.165) is 17.0 Å². The zero-order valence-electron chi connectivity index (χ0n) is 13.9. The second kappa shape index (κ2) is 6.69. The summed E-state index contributed by atoms with van der Waals surface area (Å²) in [7, 11) is 0. The molecule has 0 fully saturated rings. The van der Waals surface area contributed by atoms with Crippen molar-refractivity contribution in [3.05, 3.63) is 47.7 Å². The molecule has 0 spiro atoms. The fraction of sp³-hybridized carbons (Fsp3) is 0.389. The third kappa shape index (κ3) is 3.32. The lowest BCUT2D eigenvalue weighted by atomic mass is 10.0. The maximum atomic E-state index is 13.0. The normalized spacial score (nSPS) is 11.0. The number of hydrogen-bond acceptors (Lipinski definition) is 3. The van der Waals surface area contributed by atoms with Crippen LogP contribution in [0.4, 0.5) is 0 Å². The number of carbonyl (C=O) groups excluding carboxylic acids is 1. The largest absolute Gasteiger partial charge is 0.334 e. The minimum atomic E-state index is 0.0305. The van der Waals surface area contributed by atoms with Gasteiger partial charge in [0.25, 0.3) is 5.91 Å². The van der Waals surface area contributed by atoms with Crippen molar-refractivity contribution in [2.24, 2.45) is 0 Å². The van der Waals surface area contributed by atoms with Gasteiger partial charge in [-0.3, -0.25) is 4.79 Å². The summed E-state index contributed by atoms with van der Waals surface area (Å²) in [4.78, 5) is 14.9. The molecule has 0 atom stereocenters. The van der Waals surface area contributed by atoms with Crippen LogP contribution in [0.3, 0.4) is 0 Å². The molecule has 0 bridgehead atoms. The van der Waals surface area contributed by atoms with Crippen LogP contribution in [0, 0.1) is 6.92 Å². The molecule has 0 aliphatic carbocycles. The predicted octanol–water partition coefficient (Wildman–Crippen LogP) is 3.71. The summed E-state index contributed by atoms with van der Waals surface area (Å²) in [6.45, 7) is 10.0. The van der Waals surface area contributed by atoms with E-state index in [-0.39, 0.29) is 18.0 Å². The number of benzene rings is 1. The van der Waals surface area contributed by atoms with Gasteiger partial charge in [-0.05, 0) is 52.8 Å². The van der Waals surface area contributed by atoms with Crippen molar-refractivity contribution >= 4 is 5.91 Å². The predicted molar refractivity (Wildman–Crippen MR) is 88.6 cm³/mol. The van der Waals surface area contributed by atoms with E-state index in [1.807, 2.05) is 75.9 Å². The first kappa shape index (κ1) is 16.1. The highest BCUT2D eigenvalue weighted by Gasteiger charge is 2.24. The van der Waals surface area contributed by atoms with Crippen LogP contribution in [0.5, 0.6) is 0 Å². The quantitative estimate of drug-likeness (QED) is 0.864. The highest BCUT2D eigenvalue weighted by molar-refractivity contribution is 6.00. The average Bonchev–Trinajstić information content (AvgIpc) is 2.47. The molecule has 0 N–H and O–H groups in total. The van der Waals surface area contributed by atoms with Gasteiger partial charge in [0, 0.05) is 23.2 Å². The van der Waals surface area contributed by atoms with E-state index in [4.69, 9.17) is 0 Å². The van der Waals surface area contributed by atoms with Crippen LogP contribution in [0.15, 0.2) is 36.4 Å². The first-order valence-corrected chi connectivity index (χ1v) is 7.64. The van der Waals surface area contributed by atoms with Crippen molar-refractivity contribution in [1.29, 1.82) is 0 Å². The van der Waals surface area contributed by atoms with E-state index in [1.165, 1.54) is 0 Å². The Labute approximate surface area is 132 Å². The Morgan fingerprint density at radius 2 is 1.59 bits per heavy atom. The Bertz CT molecular complexity index is 640. The van der Waals surface area contributed by atoms with Crippen molar-refractivity contribution in [3.8, 4) is 11.3 Å². The summed E-state index contributed by atoms with van der Waals surface area (Å²) >= 11 is 0. The Hall–Kier alpha value is -2.23. The summed E-state index contributed by atoms with van der Waals surface area (Å²) in [5.74, 6) is 0.0305. The van der Waals surface area contributed by atoms with Crippen LogP contribution >= 0.6 is 0 Å². The topological polar surface area (TPSA) is 46.1 Å². The maximum Gasteiger partial charge on any atom is 0.255 e. The molecule has 116 valence electrons. The van der Waals surface area contributed by atoms with E-state index in [1.54, 1.807) is 0 Å². The van der Waals surface area contributed by atoms with Gasteiger partial charge in [0.1, 0.15) is 0 Å². The molecule has 4 nitrogen and oxygen atoms in total. The summed E-state index contributed by atoms with van der Waals surface area (Å²) in [6.07, 6.45) is 0. The summed E-state index contributed by atoms with van der Waals surface area (Å²) in [5.41, 5.74) is 3.08. The second-order valence-corrected chi connectivity index (χ2v) is 6.01. The zero-order chi connectivity index (χ0) is 16.3. The van der Waals surface area contributed by atoms with Gasteiger partial charge in [-0.1, -0.05) is 18.2 Å². The number of aromatic nitrogens is 2. The molecule has 2 rings (SSSR count). The molecule has 4 heteroatoms. The molecular formula is C18H23N3O. The Kier molecular flexibility index (Phi) is 4.91. The fourth-order valence-electron chi connectivity index (χ4n) is 2.64. The molecule has 2 aromatic rings. The third-order valence-electron chi connectivity index (χ3n) is 3.58. The molecule has 0 saturated heterocycles. The fourth-order valence-corrected chi connectivity index (χ4v) is 2.64. The van der Waals surface area contributed by atoms with Crippen LogP contribution in [0.25, 0.3) is 11.3 Å². The van der Waals surface area contributed by atoms with E-state index in [9.17, 15) is 4.79 Å². The maximum absolute atomic E-state index is 13.0. The van der Waals surface area contributed by atoms with Gasteiger partial charge in [-0.2, -0.15) is 10.2 Å². The van der Waals surface area contributed by atoms with Gasteiger partial charge in [-0.15, -0.1) is 0 Å². The van der Waals surface area contributed by atoms with Crippen LogP contribution in [-0.4, -0.2) is 33.1 Å². The lowest BCUT2D eigenvalue weighted by Gasteiger charge is -2.31. The molecule has 22 heavy (non-hydrogen) atoms. The van der Waals surface area contributed by atoms with Crippen LogP contribution in [-0.2, 0) is 0 Å². The molecule has 1 amide bonds. The van der Waals surface area contributed by atoms with Gasteiger partial charge in [-0.25, -0.2) is 0 Å². The number of amides is 1. The monoisotopic (exact) mass is 297 g/mol. The van der Waals surface area contributed by atoms with Crippen molar-refractivity contribution < 1.29 is 4.79 Å². The molecule has 0 unspecified atom stereocenters. The van der Waals surface area contributed by atoms with Crippen LogP contribution in [0.2, 0.25) is 0 Å². The lowest BCUT2D eigenvalue weighted by molar-refractivity contribution is 0.0644. The van der Waals surface area contributed by atoms with Crippen molar-refractivity contribution in [3.63, 3.8) is 0 Å².